The maximum Gasteiger partial charge on any atom is 0.311 e. The van der Waals surface area contributed by atoms with Gasteiger partial charge in [0.15, 0.2) is 5.75 Å². The fraction of sp³-hybridized carbons (Fsp3) is 0.579. The van der Waals surface area contributed by atoms with Gasteiger partial charge in [-0.2, -0.15) is 0 Å². The minimum absolute atomic E-state index is 0.0349. The summed E-state index contributed by atoms with van der Waals surface area (Å²) in [6.45, 7) is 6.14. The summed E-state index contributed by atoms with van der Waals surface area (Å²) in [5.74, 6) is 0.150. The monoisotopic (exact) mass is 319 g/mol. The van der Waals surface area contributed by atoms with Crippen LogP contribution in [0, 0.1) is 6.92 Å². The Morgan fingerprint density at radius 1 is 1.00 bits per heavy atom. The van der Waals surface area contributed by atoms with Crippen molar-refractivity contribution in [1.29, 1.82) is 0 Å². The highest BCUT2D eigenvalue weighted by Gasteiger charge is 2.12. The third-order valence-electron chi connectivity index (χ3n) is 3.62. The Hall–Kier alpha value is -1.84. The summed E-state index contributed by atoms with van der Waals surface area (Å²) in [7, 11) is 0. The molecule has 0 aromatic heterocycles. The first-order chi connectivity index (χ1) is 11.1. The Balaban J connectivity index is 2.65. The molecule has 0 aliphatic heterocycles. The Labute approximate surface area is 139 Å². The third-order valence-corrected chi connectivity index (χ3v) is 3.62. The second-order valence-electron chi connectivity index (χ2n) is 5.94. The number of ether oxygens (including phenoxy) is 1. The highest BCUT2D eigenvalue weighted by Crippen LogP contribution is 2.26. The molecule has 128 valence electrons. The number of carbonyl (C=O) groups is 2. The molecular weight excluding hydrogens is 290 g/mol. The summed E-state index contributed by atoms with van der Waals surface area (Å²) in [6.07, 6.45) is 6.82. The van der Waals surface area contributed by atoms with Gasteiger partial charge in [-0.05, 0) is 37.5 Å². The van der Waals surface area contributed by atoms with Gasteiger partial charge in [0.25, 0.3) is 0 Å². The van der Waals surface area contributed by atoms with Crippen LogP contribution in [-0.2, 0) is 9.59 Å². The van der Waals surface area contributed by atoms with Crippen molar-refractivity contribution in [3.8, 4) is 5.75 Å². The molecule has 0 spiro atoms. The molecule has 4 heteroatoms. The van der Waals surface area contributed by atoms with Gasteiger partial charge in [0.1, 0.15) is 0 Å². The van der Waals surface area contributed by atoms with Crippen LogP contribution in [0.1, 0.15) is 70.8 Å². The first-order valence-corrected chi connectivity index (χ1v) is 8.68. The Morgan fingerprint density at radius 3 is 2.30 bits per heavy atom. The van der Waals surface area contributed by atoms with Gasteiger partial charge in [-0.3, -0.25) is 9.59 Å². The SMILES string of the molecule is CCCCCC(=O)Nc1cc(C)ccc1OC(=O)CCCCC. The lowest BCUT2D eigenvalue weighted by Crippen LogP contribution is -2.14. The maximum absolute atomic E-state index is 12.0. The second kappa shape index (κ2) is 10.8. The first-order valence-electron chi connectivity index (χ1n) is 8.68. The van der Waals surface area contributed by atoms with E-state index >= 15 is 0 Å². The fourth-order valence-corrected chi connectivity index (χ4v) is 2.27. The minimum atomic E-state index is -0.246. The minimum Gasteiger partial charge on any atom is -0.424 e. The summed E-state index contributed by atoms with van der Waals surface area (Å²) in [5, 5.41) is 2.87. The predicted molar refractivity (Wildman–Crippen MR) is 93.7 cm³/mol. The molecule has 4 nitrogen and oxygen atoms in total. The van der Waals surface area contributed by atoms with Crippen molar-refractivity contribution in [2.24, 2.45) is 0 Å². The molecule has 0 atom stereocenters. The molecule has 0 saturated heterocycles. The number of aryl methyl sites for hydroxylation is 1. The van der Waals surface area contributed by atoms with E-state index in [0.29, 0.717) is 24.3 Å². The zero-order valence-corrected chi connectivity index (χ0v) is 14.6. The van der Waals surface area contributed by atoms with Gasteiger partial charge in [0.2, 0.25) is 5.91 Å². The van der Waals surface area contributed by atoms with Gasteiger partial charge in [0.05, 0.1) is 5.69 Å². The van der Waals surface area contributed by atoms with Gasteiger partial charge in [-0.1, -0.05) is 45.6 Å². The number of esters is 1. The molecule has 0 unspecified atom stereocenters. The molecular formula is C19H29NO3. The van der Waals surface area contributed by atoms with Crippen molar-refractivity contribution in [2.45, 2.75) is 72.1 Å². The highest BCUT2D eigenvalue weighted by molar-refractivity contribution is 5.93. The van der Waals surface area contributed by atoms with E-state index in [9.17, 15) is 9.59 Å². The lowest BCUT2D eigenvalue weighted by molar-refractivity contribution is -0.134. The van der Waals surface area contributed by atoms with Gasteiger partial charge >= 0.3 is 5.97 Å². The summed E-state index contributed by atoms with van der Waals surface area (Å²) >= 11 is 0. The number of amides is 1. The van der Waals surface area contributed by atoms with E-state index in [-0.39, 0.29) is 11.9 Å². The average Bonchev–Trinajstić information content (AvgIpc) is 2.50. The molecule has 1 aromatic carbocycles. The van der Waals surface area contributed by atoms with E-state index in [0.717, 1.165) is 44.1 Å². The van der Waals surface area contributed by atoms with Crippen LogP contribution in [0.5, 0.6) is 5.75 Å². The van der Waals surface area contributed by atoms with E-state index < -0.39 is 0 Å². The average molecular weight is 319 g/mol. The highest BCUT2D eigenvalue weighted by atomic mass is 16.5. The van der Waals surface area contributed by atoms with Crippen molar-refractivity contribution >= 4 is 17.6 Å². The summed E-state index contributed by atoms with van der Waals surface area (Å²) in [5.41, 5.74) is 1.59. The number of unbranched alkanes of at least 4 members (excludes halogenated alkanes) is 4. The van der Waals surface area contributed by atoms with Crippen LogP contribution in [0.3, 0.4) is 0 Å². The zero-order chi connectivity index (χ0) is 17.1. The van der Waals surface area contributed by atoms with Crippen LogP contribution < -0.4 is 10.1 Å². The second-order valence-corrected chi connectivity index (χ2v) is 5.94. The van der Waals surface area contributed by atoms with Gasteiger partial charge in [0, 0.05) is 12.8 Å². The molecule has 1 rings (SSSR count). The normalized spacial score (nSPS) is 10.4. The van der Waals surface area contributed by atoms with Gasteiger partial charge in [-0.25, -0.2) is 0 Å². The van der Waals surface area contributed by atoms with Crippen LogP contribution in [0.2, 0.25) is 0 Å². The number of nitrogens with one attached hydrogen (secondary N) is 1. The van der Waals surface area contributed by atoms with Crippen LogP contribution in [-0.4, -0.2) is 11.9 Å². The molecule has 0 radical (unpaired) electrons. The van der Waals surface area contributed by atoms with Crippen LogP contribution in [0.15, 0.2) is 18.2 Å². The van der Waals surface area contributed by atoms with Crippen LogP contribution in [0.25, 0.3) is 0 Å². The molecule has 0 aliphatic carbocycles. The molecule has 23 heavy (non-hydrogen) atoms. The lowest BCUT2D eigenvalue weighted by Gasteiger charge is -2.12. The molecule has 1 N–H and O–H groups in total. The van der Waals surface area contributed by atoms with E-state index in [2.05, 4.69) is 19.2 Å². The van der Waals surface area contributed by atoms with Crippen molar-refractivity contribution in [1.82, 2.24) is 0 Å². The predicted octanol–water partition coefficient (Wildman–Crippen LogP) is 5.00. The van der Waals surface area contributed by atoms with Crippen molar-refractivity contribution in [2.75, 3.05) is 5.32 Å². The number of anilines is 1. The zero-order valence-electron chi connectivity index (χ0n) is 14.6. The molecule has 0 aliphatic rings. The topological polar surface area (TPSA) is 55.4 Å². The molecule has 1 aromatic rings. The van der Waals surface area contributed by atoms with E-state index in [4.69, 9.17) is 4.74 Å². The lowest BCUT2D eigenvalue weighted by atomic mass is 10.1. The molecule has 0 saturated carbocycles. The summed E-state index contributed by atoms with van der Waals surface area (Å²) < 4.78 is 5.42. The van der Waals surface area contributed by atoms with E-state index in [1.54, 1.807) is 6.07 Å². The third kappa shape index (κ3) is 7.82. The Morgan fingerprint density at radius 2 is 1.65 bits per heavy atom. The van der Waals surface area contributed by atoms with Gasteiger partial charge < -0.3 is 10.1 Å². The summed E-state index contributed by atoms with van der Waals surface area (Å²) in [6, 6.07) is 5.46. The molecule has 0 bridgehead atoms. The molecule has 0 fully saturated rings. The fourth-order valence-electron chi connectivity index (χ4n) is 2.27. The van der Waals surface area contributed by atoms with E-state index in [1.807, 2.05) is 19.1 Å². The standard InChI is InChI=1S/C19H29NO3/c1-4-6-8-10-18(21)20-16-14-15(3)12-13-17(16)23-19(22)11-9-7-5-2/h12-14H,4-11H2,1-3H3,(H,20,21). The largest absolute Gasteiger partial charge is 0.424 e. The first kappa shape index (κ1) is 19.2. The smallest absolute Gasteiger partial charge is 0.311 e. The Bertz CT molecular complexity index is 511. The number of benzene rings is 1. The Kier molecular flexibility index (Phi) is 9.03. The quantitative estimate of drug-likeness (QED) is 0.375. The summed E-state index contributed by atoms with van der Waals surface area (Å²) in [4.78, 5) is 23.9. The van der Waals surface area contributed by atoms with Crippen molar-refractivity contribution in [3.05, 3.63) is 23.8 Å². The number of hydrogen-bond donors (Lipinski definition) is 1. The number of carbonyl (C=O) groups excluding carboxylic acids is 2. The number of hydrogen-bond acceptors (Lipinski definition) is 3. The van der Waals surface area contributed by atoms with Crippen molar-refractivity contribution in [3.63, 3.8) is 0 Å². The number of rotatable bonds is 10. The molecule has 0 heterocycles. The maximum atomic E-state index is 12.0. The van der Waals surface area contributed by atoms with E-state index in [1.165, 1.54) is 0 Å². The molecule has 1 amide bonds. The van der Waals surface area contributed by atoms with Crippen molar-refractivity contribution < 1.29 is 14.3 Å². The van der Waals surface area contributed by atoms with Gasteiger partial charge in [-0.15, -0.1) is 0 Å². The van der Waals surface area contributed by atoms with Crippen LogP contribution >= 0.6 is 0 Å². The van der Waals surface area contributed by atoms with Crippen LogP contribution in [0.4, 0.5) is 5.69 Å².